The standard InChI is InChI=1S/C7H5BrF4N2O/c8-5-4(1-13)14-2-3(9)6(5)15-7(10,11)12/h2H,1,13H2. The summed E-state index contributed by atoms with van der Waals surface area (Å²) < 4.78 is 51.8. The molecule has 0 spiro atoms. The number of alkyl halides is 3. The fourth-order valence-electron chi connectivity index (χ4n) is 0.837. The van der Waals surface area contributed by atoms with E-state index in [2.05, 4.69) is 25.7 Å². The SMILES string of the molecule is NCc1ncc(F)c(OC(F)(F)F)c1Br. The van der Waals surface area contributed by atoms with Crippen LogP contribution in [0.2, 0.25) is 0 Å². The maximum atomic E-state index is 12.9. The van der Waals surface area contributed by atoms with Crippen LogP contribution in [0, 0.1) is 5.82 Å². The van der Waals surface area contributed by atoms with Gasteiger partial charge in [-0.15, -0.1) is 13.2 Å². The molecule has 0 aromatic carbocycles. The molecule has 0 radical (unpaired) electrons. The molecule has 1 heterocycles. The summed E-state index contributed by atoms with van der Waals surface area (Å²) in [5, 5.41) is 0. The molecule has 3 nitrogen and oxygen atoms in total. The van der Waals surface area contributed by atoms with Crippen LogP contribution >= 0.6 is 15.9 Å². The van der Waals surface area contributed by atoms with Crippen molar-refractivity contribution in [2.24, 2.45) is 5.73 Å². The van der Waals surface area contributed by atoms with Crippen LogP contribution < -0.4 is 10.5 Å². The second-order valence-corrected chi connectivity index (χ2v) is 3.24. The van der Waals surface area contributed by atoms with E-state index in [9.17, 15) is 17.6 Å². The van der Waals surface area contributed by atoms with Gasteiger partial charge in [-0.1, -0.05) is 0 Å². The predicted molar refractivity (Wildman–Crippen MR) is 46.5 cm³/mol. The Labute approximate surface area is 90.4 Å². The maximum absolute atomic E-state index is 12.9. The van der Waals surface area contributed by atoms with Crippen LogP contribution in [0.1, 0.15) is 5.69 Å². The first kappa shape index (κ1) is 12.2. The minimum atomic E-state index is -4.96. The van der Waals surface area contributed by atoms with Crippen LogP contribution in [-0.2, 0) is 6.54 Å². The zero-order valence-corrected chi connectivity index (χ0v) is 8.69. The first-order chi connectivity index (χ1) is 6.85. The van der Waals surface area contributed by atoms with E-state index < -0.39 is 17.9 Å². The molecule has 0 saturated carbocycles. The lowest BCUT2D eigenvalue weighted by atomic mass is 10.3. The molecule has 0 amide bonds. The summed E-state index contributed by atoms with van der Waals surface area (Å²) in [6.07, 6.45) is -4.34. The van der Waals surface area contributed by atoms with Gasteiger partial charge in [-0.3, -0.25) is 4.98 Å². The predicted octanol–water partition coefficient (Wildman–Crippen LogP) is 2.34. The highest BCUT2D eigenvalue weighted by Crippen LogP contribution is 2.34. The Bertz CT molecular complexity index is 369. The lowest BCUT2D eigenvalue weighted by Crippen LogP contribution is -2.19. The van der Waals surface area contributed by atoms with Crippen LogP contribution in [0.15, 0.2) is 10.7 Å². The minimum Gasteiger partial charge on any atom is -0.401 e. The molecule has 0 atom stereocenters. The molecule has 0 fully saturated rings. The van der Waals surface area contributed by atoms with E-state index in [1.807, 2.05) is 0 Å². The molecule has 0 aliphatic rings. The van der Waals surface area contributed by atoms with Crippen molar-refractivity contribution in [3.8, 4) is 5.75 Å². The molecule has 0 aliphatic carbocycles. The number of nitrogens with two attached hydrogens (primary N) is 1. The number of nitrogens with zero attached hydrogens (tertiary/aromatic N) is 1. The van der Waals surface area contributed by atoms with E-state index in [-0.39, 0.29) is 16.7 Å². The van der Waals surface area contributed by atoms with Gasteiger partial charge in [0, 0.05) is 6.54 Å². The normalized spacial score (nSPS) is 11.6. The number of hydrogen-bond donors (Lipinski definition) is 1. The molecule has 0 saturated heterocycles. The van der Waals surface area contributed by atoms with Gasteiger partial charge in [-0.05, 0) is 15.9 Å². The summed E-state index contributed by atoms with van der Waals surface area (Å²) in [4.78, 5) is 3.49. The van der Waals surface area contributed by atoms with Gasteiger partial charge in [-0.25, -0.2) is 4.39 Å². The molecular weight excluding hydrogens is 284 g/mol. The van der Waals surface area contributed by atoms with Gasteiger partial charge in [0.15, 0.2) is 11.6 Å². The van der Waals surface area contributed by atoms with E-state index in [1.165, 1.54) is 0 Å². The third-order valence-corrected chi connectivity index (χ3v) is 2.23. The summed E-state index contributed by atoms with van der Waals surface area (Å²) in [7, 11) is 0. The molecule has 0 bridgehead atoms. The highest BCUT2D eigenvalue weighted by atomic mass is 79.9. The van der Waals surface area contributed by atoms with Crippen molar-refractivity contribution in [1.82, 2.24) is 4.98 Å². The van der Waals surface area contributed by atoms with Gasteiger partial charge < -0.3 is 10.5 Å². The van der Waals surface area contributed by atoms with Crippen molar-refractivity contribution in [3.63, 3.8) is 0 Å². The molecule has 1 aromatic heterocycles. The van der Waals surface area contributed by atoms with Crippen molar-refractivity contribution in [1.29, 1.82) is 0 Å². The summed E-state index contributed by atoms with van der Waals surface area (Å²) in [5.74, 6) is -2.17. The van der Waals surface area contributed by atoms with Crippen LogP contribution in [0.5, 0.6) is 5.75 Å². The number of hydrogen-bond acceptors (Lipinski definition) is 3. The van der Waals surface area contributed by atoms with Crippen LogP contribution in [0.25, 0.3) is 0 Å². The average Bonchev–Trinajstić information content (AvgIpc) is 2.11. The fraction of sp³-hybridized carbons (Fsp3) is 0.286. The van der Waals surface area contributed by atoms with E-state index in [1.54, 1.807) is 0 Å². The summed E-state index contributed by atoms with van der Waals surface area (Å²) in [6, 6.07) is 0. The van der Waals surface area contributed by atoms with Crippen molar-refractivity contribution in [2.45, 2.75) is 12.9 Å². The maximum Gasteiger partial charge on any atom is 0.573 e. The first-order valence-electron chi connectivity index (χ1n) is 3.64. The number of aromatic nitrogens is 1. The van der Waals surface area contributed by atoms with Crippen LogP contribution in [-0.4, -0.2) is 11.3 Å². The molecule has 15 heavy (non-hydrogen) atoms. The Morgan fingerprint density at radius 1 is 1.47 bits per heavy atom. The molecule has 0 aliphatic heterocycles. The number of rotatable bonds is 2. The number of ether oxygens (including phenoxy) is 1. The molecule has 84 valence electrons. The Morgan fingerprint density at radius 2 is 2.07 bits per heavy atom. The molecule has 2 N–H and O–H groups in total. The van der Waals surface area contributed by atoms with Gasteiger partial charge in [-0.2, -0.15) is 0 Å². The molecular formula is C7H5BrF4N2O. The first-order valence-corrected chi connectivity index (χ1v) is 4.43. The Morgan fingerprint density at radius 3 is 2.53 bits per heavy atom. The smallest absolute Gasteiger partial charge is 0.401 e. The third-order valence-electron chi connectivity index (χ3n) is 1.41. The summed E-state index contributed by atoms with van der Waals surface area (Å²) in [5.41, 5.74) is 5.26. The monoisotopic (exact) mass is 288 g/mol. The topological polar surface area (TPSA) is 48.1 Å². The second-order valence-electron chi connectivity index (χ2n) is 2.45. The lowest BCUT2D eigenvalue weighted by Gasteiger charge is -2.12. The van der Waals surface area contributed by atoms with Crippen molar-refractivity contribution in [3.05, 3.63) is 22.2 Å². The van der Waals surface area contributed by atoms with E-state index in [0.29, 0.717) is 6.20 Å². The number of pyridine rings is 1. The minimum absolute atomic E-state index is 0.0793. The average molecular weight is 289 g/mol. The van der Waals surface area contributed by atoms with Gasteiger partial charge in [0.25, 0.3) is 0 Å². The van der Waals surface area contributed by atoms with E-state index in [4.69, 9.17) is 5.73 Å². The van der Waals surface area contributed by atoms with E-state index in [0.717, 1.165) is 0 Å². The lowest BCUT2D eigenvalue weighted by molar-refractivity contribution is -0.275. The highest BCUT2D eigenvalue weighted by molar-refractivity contribution is 9.10. The Kier molecular flexibility index (Phi) is 3.50. The zero-order valence-electron chi connectivity index (χ0n) is 7.11. The highest BCUT2D eigenvalue weighted by Gasteiger charge is 2.34. The quantitative estimate of drug-likeness (QED) is 0.850. The van der Waals surface area contributed by atoms with Crippen LogP contribution in [0.3, 0.4) is 0 Å². The van der Waals surface area contributed by atoms with Crippen molar-refractivity contribution >= 4 is 15.9 Å². The Hall–Kier alpha value is -0.890. The molecule has 0 unspecified atom stereocenters. The van der Waals surface area contributed by atoms with Crippen molar-refractivity contribution < 1.29 is 22.3 Å². The summed E-state index contributed by atoms with van der Waals surface area (Å²) >= 11 is 2.74. The van der Waals surface area contributed by atoms with Gasteiger partial charge in [0.2, 0.25) is 0 Å². The van der Waals surface area contributed by atoms with E-state index >= 15 is 0 Å². The fourth-order valence-corrected chi connectivity index (χ4v) is 1.37. The number of halogens is 5. The van der Waals surface area contributed by atoms with Gasteiger partial charge >= 0.3 is 6.36 Å². The summed E-state index contributed by atoms with van der Waals surface area (Å²) in [6.45, 7) is -0.130. The van der Waals surface area contributed by atoms with Crippen molar-refractivity contribution in [2.75, 3.05) is 0 Å². The van der Waals surface area contributed by atoms with Crippen LogP contribution in [0.4, 0.5) is 17.6 Å². The third kappa shape index (κ3) is 3.03. The Balaban J connectivity index is 3.15. The molecule has 8 heteroatoms. The zero-order chi connectivity index (χ0) is 11.6. The molecule has 1 rings (SSSR count). The molecule has 1 aromatic rings. The largest absolute Gasteiger partial charge is 0.573 e. The van der Waals surface area contributed by atoms with Gasteiger partial charge in [0.1, 0.15) is 0 Å². The van der Waals surface area contributed by atoms with Gasteiger partial charge in [0.05, 0.1) is 16.4 Å². The second kappa shape index (κ2) is 4.31.